The zero-order chi connectivity index (χ0) is 33.8. The molecule has 0 saturated carbocycles. The van der Waals surface area contributed by atoms with Crippen LogP contribution in [0.2, 0.25) is 0 Å². The van der Waals surface area contributed by atoms with Crippen LogP contribution in [0.4, 0.5) is 0 Å². The molecule has 0 aliphatic rings. The predicted molar refractivity (Wildman–Crippen MR) is 199 cm³/mol. The van der Waals surface area contributed by atoms with Crippen LogP contribution >= 0.6 is 0 Å². The van der Waals surface area contributed by atoms with E-state index in [4.69, 9.17) is 5.11 Å². The molecule has 0 aliphatic carbocycles. The second-order valence-corrected chi connectivity index (χ2v) is 13.7. The van der Waals surface area contributed by atoms with Gasteiger partial charge in [0.2, 0.25) is 0 Å². The van der Waals surface area contributed by atoms with E-state index >= 15 is 0 Å². The van der Waals surface area contributed by atoms with Gasteiger partial charge in [-0.2, -0.15) is 0 Å². The first-order valence-corrected chi connectivity index (χ1v) is 20.0. The zero-order valence-electron chi connectivity index (χ0n) is 30.7. The Morgan fingerprint density at radius 2 is 0.783 bits per heavy atom. The Morgan fingerprint density at radius 1 is 0.478 bits per heavy atom. The molecule has 0 spiro atoms. The van der Waals surface area contributed by atoms with E-state index in [1.54, 1.807) is 0 Å². The summed E-state index contributed by atoms with van der Waals surface area (Å²) in [5, 5.41) is 19.0. The fourth-order valence-electron chi connectivity index (χ4n) is 6.27. The molecule has 0 amide bonds. The number of allylic oxidation sites excluding steroid dienone is 4. The third-order valence-electron chi connectivity index (χ3n) is 9.27. The van der Waals surface area contributed by atoms with Gasteiger partial charge in [-0.05, 0) is 83.7 Å². The summed E-state index contributed by atoms with van der Waals surface area (Å²) in [5.74, 6) is -1.80. The van der Waals surface area contributed by atoms with Gasteiger partial charge in [-0.3, -0.25) is 14.5 Å². The van der Waals surface area contributed by atoms with Gasteiger partial charge in [0.25, 0.3) is 0 Å². The minimum atomic E-state index is -0.916. The monoisotopic (exact) mass is 648 g/mol. The summed E-state index contributed by atoms with van der Waals surface area (Å²) in [7, 11) is 0. The Labute approximate surface area is 286 Å². The molecule has 1 atom stereocenters. The standard InChI is InChI=1S/C41H77NO4/c1-3-5-7-9-11-13-15-17-19-21-23-25-27-29-31-33-37-42(39(41(45)46)35-36-40(43)44)38-34-32-30-28-26-24-22-20-18-16-14-12-10-8-6-4-2/h17-20,39H,3-16,21-38H2,1-2H3,(H,43,44)(H,45,46)/b19-17-,20-18-/t39-/m0/s1. The molecule has 5 heteroatoms. The summed E-state index contributed by atoms with van der Waals surface area (Å²) < 4.78 is 0. The number of hydrogen-bond donors (Lipinski definition) is 2. The molecule has 0 aromatic carbocycles. The van der Waals surface area contributed by atoms with Crippen LogP contribution in [0.1, 0.15) is 206 Å². The fraction of sp³-hybridized carbons (Fsp3) is 0.854. The number of carbonyl (C=O) groups is 2. The molecule has 0 saturated heterocycles. The molecular formula is C41H77NO4. The number of unbranched alkanes of at least 4 members (excludes halogenated alkanes) is 24. The Kier molecular flexibility index (Phi) is 34.9. The summed E-state index contributed by atoms with van der Waals surface area (Å²) in [6.07, 6.45) is 44.8. The normalized spacial score (nSPS) is 12.6. The highest BCUT2D eigenvalue weighted by atomic mass is 16.4. The van der Waals surface area contributed by atoms with Gasteiger partial charge in [0, 0.05) is 6.42 Å². The molecule has 0 aromatic heterocycles. The van der Waals surface area contributed by atoms with Crippen molar-refractivity contribution in [3.63, 3.8) is 0 Å². The average molecular weight is 648 g/mol. The highest BCUT2D eigenvalue weighted by Gasteiger charge is 2.25. The van der Waals surface area contributed by atoms with Crippen molar-refractivity contribution in [3.8, 4) is 0 Å². The molecule has 0 heterocycles. The van der Waals surface area contributed by atoms with Gasteiger partial charge < -0.3 is 10.2 Å². The first-order valence-electron chi connectivity index (χ1n) is 20.0. The molecule has 0 radical (unpaired) electrons. The average Bonchev–Trinajstić information content (AvgIpc) is 3.03. The van der Waals surface area contributed by atoms with Crippen molar-refractivity contribution >= 4 is 11.9 Å². The lowest BCUT2D eigenvalue weighted by Gasteiger charge is -2.28. The minimum absolute atomic E-state index is 0.0890. The van der Waals surface area contributed by atoms with E-state index in [0.717, 1.165) is 38.8 Å². The van der Waals surface area contributed by atoms with E-state index in [1.165, 1.54) is 154 Å². The van der Waals surface area contributed by atoms with E-state index in [0.29, 0.717) is 0 Å². The topological polar surface area (TPSA) is 77.8 Å². The minimum Gasteiger partial charge on any atom is -0.481 e. The van der Waals surface area contributed by atoms with E-state index in [2.05, 4.69) is 43.1 Å². The second-order valence-electron chi connectivity index (χ2n) is 13.7. The number of nitrogens with zero attached hydrogens (tertiary/aromatic N) is 1. The summed E-state index contributed by atoms with van der Waals surface area (Å²) in [5.41, 5.74) is 0. The molecule has 0 unspecified atom stereocenters. The number of rotatable bonds is 37. The Bertz CT molecular complexity index is 677. The van der Waals surface area contributed by atoms with Crippen LogP contribution in [0.25, 0.3) is 0 Å². The lowest BCUT2D eigenvalue weighted by Crippen LogP contribution is -2.42. The lowest BCUT2D eigenvalue weighted by molar-refractivity contribution is -0.144. The summed E-state index contributed by atoms with van der Waals surface area (Å²) >= 11 is 0. The van der Waals surface area contributed by atoms with E-state index in [1.807, 2.05) is 0 Å². The molecule has 0 aliphatic heterocycles. The van der Waals surface area contributed by atoms with Gasteiger partial charge in [0.15, 0.2) is 0 Å². The maximum Gasteiger partial charge on any atom is 0.320 e. The maximum absolute atomic E-state index is 12.1. The SMILES string of the molecule is CCCCCCCC/C=C\CCCCCCCCN(CCCCCCCC/C=C\CCCCCCCC)[C@@H](CCC(=O)O)C(=O)O. The van der Waals surface area contributed by atoms with Crippen LogP contribution in [-0.4, -0.2) is 46.2 Å². The number of hydrogen-bond acceptors (Lipinski definition) is 3. The molecule has 0 aromatic rings. The maximum atomic E-state index is 12.1. The molecule has 2 N–H and O–H groups in total. The van der Waals surface area contributed by atoms with Crippen LogP contribution in [0.3, 0.4) is 0 Å². The molecular weight excluding hydrogens is 570 g/mol. The van der Waals surface area contributed by atoms with Gasteiger partial charge >= 0.3 is 11.9 Å². The van der Waals surface area contributed by atoms with Crippen molar-refractivity contribution in [2.75, 3.05) is 13.1 Å². The van der Waals surface area contributed by atoms with E-state index < -0.39 is 18.0 Å². The van der Waals surface area contributed by atoms with Crippen molar-refractivity contribution in [1.82, 2.24) is 4.90 Å². The van der Waals surface area contributed by atoms with Gasteiger partial charge in [-0.25, -0.2) is 0 Å². The highest BCUT2D eigenvalue weighted by molar-refractivity contribution is 5.75. The van der Waals surface area contributed by atoms with Crippen molar-refractivity contribution in [2.24, 2.45) is 0 Å². The molecule has 0 fully saturated rings. The molecule has 270 valence electrons. The zero-order valence-corrected chi connectivity index (χ0v) is 30.7. The van der Waals surface area contributed by atoms with Crippen LogP contribution < -0.4 is 0 Å². The number of aliphatic carboxylic acids is 2. The van der Waals surface area contributed by atoms with Gasteiger partial charge in [0.1, 0.15) is 6.04 Å². The van der Waals surface area contributed by atoms with Gasteiger partial charge in [0.05, 0.1) is 0 Å². The summed E-state index contributed by atoms with van der Waals surface area (Å²) in [4.78, 5) is 25.3. The van der Waals surface area contributed by atoms with Crippen LogP contribution in [0.5, 0.6) is 0 Å². The highest BCUT2D eigenvalue weighted by Crippen LogP contribution is 2.16. The van der Waals surface area contributed by atoms with Crippen molar-refractivity contribution in [3.05, 3.63) is 24.3 Å². The van der Waals surface area contributed by atoms with Crippen molar-refractivity contribution in [2.45, 2.75) is 213 Å². The third kappa shape index (κ3) is 32.3. The second kappa shape index (κ2) is 36.2. The Morgan fingerprint density at radius 3 is 1.09 bits per heavy atom. The van der Waals surface area contributed by atoms with E-state index in [-0.39, 0.29) is 12.8 Å². The lowest BCUT2D eigenvalue weighted by atomic mass is 10.0. The Hall–Kier alpha value is -1.62. The van der Waals surface area contributed by atoms with Crippen LogP contribution in [0, 0.1) is 0 Å². The van der Waals surface area contributed by atoms with E-state index in [9.17, 15) is 14.7 Å². The number of carboxylic acids is 2. The molecule has 46 heavy (non-hydrogen) atoms. The molecule has 5 nitrogen and oxygen atoms in total. The molecule has 0 bridgehead atoms. The third-order valence-corrected chi connectivity index (χ3v) is 9.27. The first-order chi connectivity index (χ1) is 22.5. The predicted octanol–water partition coefficient (Wildman–Crippen LogP) is 12.7. The van der Waals surface area contributed by atoms with Gasteiger partial charge in [-0.15, -0.1) is 0 Å². The van der Waals surface area contributed by atoms with Crippen molar-refractivity contribution < 1.29 is 19.8 Å². The van der Waals surface area contributed by atoms with Crippen LogP contribution in [-0.2, 0) is 9.59 Å². The first kappa shape index (κ1) is 44.4. The quantitative estimate of drug-likeness (QED) is 0.0518. The summed E-state index contributed by atoms with van der Waals surface area (Å²) in [6, 6.07) is -0.692. The summed E-state index contributed by atoms with van der Waals surface area (Å²) in [6.45, 7) is 6.04. The van der Waals surface area contributed by atoms with Crippen molar-refractivity contribution in [1.29, 1.82) is 0 Å². The molecule has 0 rings (SSSR count). The van der Waals surface area contributed by atoms with Crippen LogP contribution in [0.15, 0.2) is 24.3 Å². The largest absolute Gasteiger partial charge is 0.481 e. The fourth-order valence-corrected chi connectivity index (χ4v) is 6.27. The Balaban J connectivity index is 4.09. The number of carboxylic acid groups (broad SMARTS) is 2. The smallest absolute Gasteiger partial charge is 0.320 e. The van der Waals surface area contributed by atoms with Gasteiger partial charge in [-0.1, -0.05) is 154 Å².